The van der Waals surface area contributed by atoms with Crippen LogP contribution in [0.1, 0.15) is 31.2 Å². The van der Waals surface area contributed by atoms with Crippen LogP contribution in [-0.2, 0) is 6.54 Å². The van der Waals surface area contributed by atoms with Crippen molar-refractivity contribution in [3.05, 3.63) is 35.6 Å². The van der Waals surface area contributed by atoms with Crippen molar-refractivity contribution in [1.82, 2.24) is 5.32 Å². The third kappa shape index (κ3) is 1.99. The predicted octanol–water partition coefficient (Wildman–Crippen LogP) is 3.10. The van der Waals surface area contributed by atoms with Crippen LogP contribution in [0.15, 0.2) is 24.3 Å². The van der Waals surface area contributed by atoms with Crippen LogP contribution in [0.3, 0.4) is 0 Å². The maximum Gasteiger partial charge on any atom is 0.123 e. The van der Waals surface area contributed by atoms with E-state index in [0.717, 1.165) is 23.9 Å². The first-order chi connectivity index (χ1) is 7.81. The Bertz CT molecular complexity index is 377. The molecule has 2 saturated carbocycles. The summed E-state index contributed by atoms with van der Waals surface area (Å²) >= 11 is 0. The van der Waals surface area contributed by atoms with Gasteiger partial charge in [0, 0.05) is 12.6 Å². The lowest BCUT2D eigenvalue weighted by atomic mass is 9.95. The molecule has 2 fully saturated rings. The molecule has 2 aliphatic rings. The average molecular weight is 219 g/mol. The molecule has 0 amide bonds. The predicted molar refractivity (Wildman–Crippen MR) is 62.5 cm³/mol. The van der Waals surface area contributed by atoms with Gasteiger partial charge in [-0.2, -0.15) is 0 Å². The van der Waals surface area contributed by atoms with Crippen LogP contribution in [-0.4, -0.2) is 6.04 Å². The van der Waals surface area contributed by atoms with E-state index >= 15 is 0 Å². The molecular formula is C14H18FN. The first-order valence-electron chi connectivity index (χ1n) is 6.29. The molecule has 0 heterocycles. The molecule has 0 spiro atoms. The summed E-state index contributed by atoms with van der Waals surface area (Å²) in [5.74, 6) is 1.72. The quantitative estimate of drug-likeness (QED) is 0.823. The highest BCUT2D eigenvalue weighted by molar-refractivity contribution is 5.16. The number of fused-ring (bicyclic) bond motifs is 2. The molecule has 3 unspecified atom stereocenters. The van der Waals surface area contributed by atoms with Crippen molar-refractivity contribution in [2.45, 2.75) is 38.3 Å². The van der Waals surface area contributed by atoms with E-state index in [1.54, 1.807) is 12.1 Å². The van der Waals surface area contributed by atoms with Crippen LogP contribution in [0.5, 0.6) is 0 Å². The van der Waals surface area contributed by atoms with Gasteiger partial charge in [-0.1, -0.05) is 18.6 Å². The fourth-order valence-electron chi connectivity index (χ4n) is 3.39. The van der Waals surface area contributed by atoms with Crippen molar-refractivity contribution in [3.63, 3.8) is 0 Å². The largest absolute Gasteiger partial charge is 0.310 e. The Balaban J connectivity index is 1.57. The minimum Gasteiger partial charge on any atom is -0.310 e. The Morgan fingerprint density at radius 2 is 2.19 bits per heavy atom. The number of hydrogen-bond donors (Lipinski definition) is 1. The van der Waals surface area contributed by atoms with Gasteiger partial charge in [0.05, 0.1) is 0 Å². The van der Waals surface area contributed by atoms with Gasteiger partial charge in [0.25, 0.3) is 0 Å². The average Bonchev–Trinajstić information content (AvgIpc) is 2.88. The van der Waals surface area contributed by atoms with E-state index in [-0.39, 0.29) is 5.82 Å². The van der Waals surface area contributed by atoms with E-state index in [0.29, 0.717) is 6.04 Å². The van der Waals surface area contributed by atoms with E-state index in [4.69, 9.17) is 0 Å². The molecule has 0 aromatic heterocycles. The molecule has 2 aliphatic carbocycles. The minimum absolute atomic E-state index is 0.132. The van der Waals surface area contributed by atoms with Crippen molar-refractivity contribution >= 4 is 0 Å². The second kappa shape index (κ2) is 4.17. The number of halogens is 1. The molecule has 2 heteroatoms. The molecule has 1 nitrogen and oxygen atoms in total. The smallest absolute Gasteiger partial charge is 0.123 e. The van der Waals surface area contributed by atoms with E-state index in [2.05, 4.69) is 5.32 Å². The summed E-state index contributed by atoms with van der Waals surface area (Å²) in [5, 5.41) is 3.59. The van der Waals surface area contributed by atoms with Gasteiger partial charge in [-0.25, -0.2) is 4.39 Å². The normalized spacial score (nSPS) is 32.2. The van der Waals surface area contributed by atoms with Crippen molar-refractivity contribution in [3.8, 4) is 0 Å². The molecule has 3 atom stereocenters. The first kappa shape index (κ1) is 10.3. The Morgan fingerprint density at radius 1 is 1.25 bits per heavy atom. The van der Waals surface area contributed by atoms with Crippen LogP contribution in [0.25, 0.3) is 0 Å². The molecule has 86 valence electrons. The van der Waals surface area contributed by atoms with Gasteiger partial charge in [-0.15, -0.1) is 0 Å². The van der Waals surface area contributed by atoms with Crippen LogP contribution >= 0.6 is 0 Å². The monoisotopic (exact) mass is 219 g/mol. The lowest BCUT2D eigenvalue weighted by molar-refractivity contribution is 0.350. The minimum atomic E-state index is -0.132. The number of rotatable bonds is 3. The summed E-state index contributed by atoms with van der Waals surface area (Å²) in [6.07, 6.45) is 5.58. The zero-order valence-corrected chi connectivity index (χ0v) is 9.45. The van der Waals surface area contributed by atoms with Crippen LogP contribution < -0.4 is 5.32 Å². The van der Waals surface area contributed by atoms with E-state index in [1.807, 2.05) is 6.07 Å². The summed E-state index contributed by atoms with van der Waals surface area (Å²) < 4.78 is 13.0. The molecule has 0 radical (unpaired) electrons. The summed E-state index contributed by atoms with van der Waals surface area (Å²) in [6.45, 7) is 0.811. The van der Waals surface area contributed by atoms with E-state index in [1.165, 1.54) is 31.7 Å². The maximum atomic E-state index is 13.0. The van der Waals surface area contributed by atoms with Crippen LogP contribution in [0.2, 0.25) is 0 Å². The zero-order valence-electron chi connectivity index (χ0n) is 9.45. The molecule has 3 rings (SSSR count). The number of hydrogen-bond acceptors (Lipinski definition) is 1. The second-order valence-electron chi connectivity index (χ2n) is 5.29. The third-order valence-corrected chi connectivity index (χ3v) is 4.20. The van der Waals surface area contributed by atoms with E-state index < -0.39 is 0 Å². The SMILES string of the molecule is Fc1cccc(CNC2CC3CCC2C3)c1. The number of benzene rings is 1. The molecule has 1 aromatic carbocycles. The van der Waals surface area contributed by atoms with Gasteiger partial charge < -0.3 is 5.32 Å². The Labute approximate surface area is 96.1 Å². The van der Waals surface area contributed by atoms with Crippen molar-refractivity contribution in [2.75, 3.05) is 0 Å². The summed E-state index contributed by atoms with van der Waals surface area (Å²) in [4.78, 5) is 0. The molecule has 0 saturated heterocycles. The standard InChI is InChI=1S/C14H18FN/c15-13-3-1-2-11(7-13)9-16-14-8-10-4-5-12(14)6-10/h1-3,7,10,12,14,16H,4-6,8-9H2. The van der Waals surface area contributed by atoms with Gasteiger partial charge in [-0.3, -0.25) is 0 Å². The molecule has 0 aliphatic heterocycles. The first-order valence-corrected chi connectivity index (χ1v) is 6.29. The van der Waals surface area contributed by atoms with Crippen LogP contribution in [0, 0.1) is 17.7 Å². The molecule has 16 heavy (non-hydrogen) atoms. The van der Waals surface area contributed by atoms with Crippen molar-refractivity contribution in [2.24, 2.45) is 11.8 Å². The Kier molecular flexibility index (Phi) is 2.68. The second-order valence-corrected chi connectivity index (χ2v) is 5.29. The van der Waals surface area contributed by atoms with Gasteiger partial charge >= 0.3 is 0 Å². The Hall–Kier alpha value is -0.890. The highest BCUT2D eigenvalue weighted by atomic mass is 19.1. The van der Waals surface area contributed by atoms with E-state index in [9.17, 15) is 4.39 Å². The van der Waals surface area contributed by atoms with Gasteiger partial charge in [0.1, 0.15) is 5.82 Å². The lowest BCUT2D eigenvalue weighted by Gasteiger charge is -2.23. The van der Waals surface area contributed by atoms with Crippen LogP contribution in [0.4, 0.5) is 4.39 Å². The Morgan fingerprint density at radius 3 is 2.88 bits per heavy atom. The summed E-state index contributed by atoms with van der Waals surface area (Å²) in [6, 6.07) is 7.58. The fraction of sp³-hybridized carbons (Fsp3) is 0.571. The van der Waals surface area contributed by atoms with Crippen molar-refractivity contribution in [1.29, 1.82) is 0 Å². The summed E-state index contributed by atoms with van der Waals surface area (Å²) in [5.41, 5.74) is 1.06. The number of nitrogens with one attached hydrogen (secondary N) is 1. The topological polar surface area (TPSA) is 12.0 Å². The molecule has 1 aromatic rings. The lowest BCUT2D eigenvalue weighted by Crippen LogP contribution is -2.33. The zero-order chi connectivity index (χ0) is 11.0. The van der Waals surface area contributed by atoms with Crippen molar-refractivity contribution < 1.29 is 4.39 Å². The van der Waals surface area contributed by atoms with Gasteiger partial charge in [-0.05, 0) is 48.8 Å². The molecule has 1 N–H and O–H groups in total. The van der Waals surface area contributed by atoms with Gasteiger partial charge in [0.15, 0.2) is 0 Å². The highest BCUT2D eigenvalue weighted by Crippen LogP contribution is 2.44. The highest BCUT2D eigenvalue weighted by Gasteiger charge is 2.38. The fourth-order valence-corrected chi connectivity index (χ4v) is 3.39. The molecule has 2 bridgehead atoms. The maximum absolute atomic E-state index is 13.0. The molecular weight excluding hydrogens is 201 g/mol. The third-order valence-electron chi connectivity index (χ3n) is 4.20. The van der Waals surface area contributed by atoms with Gasteiger partial charge in [0.2, 0.25) is 0 Å². The summed E-state index contributed by atoms with van der Waals surface area (Å²) in [7, 11) is 0.